The molecule has 0 fully saturated rings. The summed E-state index contributed by atoms with van der Waals surface area (Å²) in [6.45, 7) is 4.72. The third-order valence-electron chi connectivity index (χ3n) is 3.19. The fraction of sp³-hybridized carbons (Fsp3) is 0.600. The molecular weight excluding hydrogens is 272 g/mol. The molecule has 0 amide bonds. The van der Waals surface area contributed by atoms with Crippen molar-refractivity contribution >= 4 is 10.0 Å². The van der Waals surface area contributed by atoms with Gasteiger partial charge in [0.15, 0.2) is 0 Å². The summed E-state index contributed by atoms with van der Waals surface area (Å²) in [5.41, 5.74) is 0.967. The predicted octanol–water partition coefficient (Wildman–Crippen LogP) is 2.65. The monoisotopic (exact) mass is 298 g/mol. The Kier molecular flexibility index (Phi) is 7.19. The van der Waals surface area contributed by atoms with Gasteiger partial charge in [-0.05, 0) is 38.1 Å². The summed E-state index contributed by atoms with van der Waals surface area (Å²) >= 11 is 0. The molecule has 0 heterocycles. The van der Waals surface area contributed by atoms with Gasteiger partial charge in [-0.3, -0.25) is 0 Å². The van der Waals surface area contributed by atoms with Gasteiger partial charge in [0, 0.05) is 12.6 Å². The van der Waals surface area contributed by atoms with E-state index < -0.39 is 10.0 Å². The Bertz CT molecular complexity index is 500. The van der Waals surface area contributed by atoms with Crippen LogP contribution in [0.1, 0.15) is 45.1 Å². The van der Waals surface area contributed by atoms with Crippen molar-refractivity contribution in [2.45, 2.75) is 57.0 Å². The van der Waals surface area contributed by atoms with Crippen LogP contribution in [0.15, 0.2) is 29.2 Å². The summed E-state index contributed by atoms with van der Waals surface area (Å²) in [6, 6.07) is 7.03. The van der Waals surface area contributed by atoms with Crippen LogP contribution < -0.4 is 10.0 Å². The lowest BCUT2D eigenvalue weighted by Gasteiger charge is -2.14. The molecule has 1 aromatic carbocycles. The Morgan fingerprint density at radius 3 is 2.65 bits per heavy atom. The Hall–Kier alpha value is -0.910. The Morgan fingerprint density at radius 1 is 1.25 bits per heavy atom. The molecule has 0 aliphatic rings. The molecule has 0 bridgehead atoms. The summed E-state index contributed by atoms with van der Waals surface area (Å²) in [5, 5.41) is 3.02. The molecule has 0 aliphatic heterocycles. The second kappa shape index (κ2) is 8.39. The molecule has 1 atom stereocenters. The second-order valence-electron chi connectivity index (χ2n) is 5.20. The van der Waals surface area contributed by atoms with E-state index in [1.807, 2.05) is 20.0 Å². The molecule has 1 aromatic rings. The maximum absolute atomic E-state index is 12.3. The lowest BCUT2D eigenvalue weighted by molar-refractivity contribution is 0.527. The molecule has 4 nitrogen and oxygen atoms in total. The van der Waals surface area contributed by atoms with E-state index in [9.17, 15) is 8.42 Å². The van der Waals surface area contributed by atoms with E-state index in [0.29, 0.717) is 11.4 Å². The van der Waals surface area contributed by atoms with E-state index >= 15 is 0 Å². The van der Waals surface area contributed by atoms with E-state index in [2.05, 4.69) is 17.0 Å². The topological polar surface area (TPSA) is 58.2 Å². The van der Waals surface area contributed by atoms with Crippen molar-refractivity contribution < 1.29 is 8.42 Å². The molecule has 0 saturated carbocycles. The van der Waals surface area contributed by atoms with Gasteiger partial charge in [-0.1, -0.05) is 38.3 Å². The molecule has 0 aromatic heterocycles. The lowest BCUT2D eigenvalue weighted by Crippen LogP contribution is -2.32. The maximum Gasteiger partial charge on any atom is 0.240 e. The second-order valence-corrected chi connectivity index (χ2v) is 6.91. The standard InChI is InChI=1S/C15H26N2O2S/c1-4-5-6-8-13(2)17-20(18,19)15-10-7-9-14(11-15)12-16-3/h7,9-11,13,16-17H,4-6,8,12H2,1-3H3. The van der Waals surface area contributed by atoms with E-state index in [1.165, 1.54) is 0 Å². The highest BCUT2D eigenvalue weighted by molar-refractivity contribution is 7.89. The summed E-state index contributed by atoms with van der Waals surface area (Å²) < 4.78 is 27.4. The highest BCUT2D eigenvalue weighted by Crippen LogP contribution is 2.13. The van der Waals surface area contributed by atoms with Gasteiger partial charge in [-0.2, -0.15) is 0 Å². The largest absolute Gasteiger partial charge is 0.316 e. The van der Waals surface area contributed by atoms with Crippen LogP contribution in [0.5, 0.6) is 0 Å². The third-order valence-corrected chi connectivity index (χ3v) is 4.77. The van der Waals surface area contributed by atoms with E-state index in [1.54, 1.807) is 18.2 Å². The highest BCUT2D eigenvalue weighted by atomic mass is 32.2. The lowest BCUT2D eigenvalue weighted by atomic mass is 10.1. The summed E-state index contributed by atoms with van der Waals surface area (Å²) in [7, 11) is -1.57. The first-order valence-electron chi connectivity index (χ1n) is 7.25. The number of hydrogen-bond donors (Lipinski definition) is 2. The fourth-order valence-electron chi connectivity index (χ4n) is 2.12. The molecule has 1 rings (SSSR count). The van der Waals surface area contributed by atoms with Gasteiger partial charge in [-0.15, -0.1) is 0 Å². The Labute approximate surface area is 123 Å². The van der Waals surface area contributed by atoms with Crippen LogP contribution in [0.3, 0.4) is 0 Å². The molecule has 2 N–H and O–H groups in total. The summed E-state index contributed by atoms with van der Waals surface area (Å²) in [4.78, 5) is 0.340. The van der Waals surface area contributed by atoms with Gasteiger partial charge >= 0.3 is 0 Å². The molecule has 0 spiro atoms. The molecule has 0 aliphatic carbocycles. The summed E-state index contributed by atoms with van der Waals surface area (Å²) in [6.07, 6.45) is 4.22. The molecular formula is C15H26N2O2S. The van der Waals surface area contributed by atoms with Crippen LogP contribution in [0, 0.1) is 0 Å². The average molecular weight is 298 g/mol. The highest BCUT2D eigenvalue weighted by Gasteiger charge is 2.17. The molecule has 0 saturated heterocycles. The summed E-state index contributed by atoms with van der Waals surface area (Å²) in [5.74, 6) is 0. The minimum Gasteiger partial charge on any atom is -0.316 e. The smallest absolute Gasteiger partial charge is 0.240 e. The number of sulfonamides is 1. The van der Waals surface area contributed by atoms with Gasteiger partial charge in [0.1, 0.15) is 0 Å². The van der Waals surface area contributed by atoms with Crippen molar-refractivity contribution in [2.75, 3.05) is 7.05 Å². The first kappa shape index (κ1) is 17.1. The van der Waals surface area contributed by atoms with Gasteiger partial charge < -0.3 is 5.32 Å². The van der Waals surface area contributed by atoms with Crippen LogP contribution in [0.25, 0.3) is 0 Å². The van der Waals surface area contributed by atoms with Crippen molar-refractivity contribution in [1.82, 2.24) is 10.0 Å². The zero-order valence-corrected chi connectivity index (χ0v) is 13.5. The first-order valence-corrected chi connectivity index (χ1v) is 8.73. The number of rotatable bonds is 9. The van der Waals surface area contributed by atoms with Crippen LogP contribution in [0.4, 0.5) is 0 Å². The Morgan fingerprint density at radius 2 is 2.00 bits per heavy atom. The van der Waals surface area contributed by atoms with Crippen molar-refractivity contribution in [3.63, 3.8) is 0 Å². The molecule has 1 unspecified atom stereocenters. The van der Waals surface area contributed by atoms with E-state index in [4.69, 9.17) is 0 Å². The molecule has 5 heteroatoms. The molecule has 20 heavy (non-hydrogen) atoms. The van der Waals surface area contributed by atoms with Crippen molar-refractivity contribution in [2.24, 2.45) is 0 Å². The number of nitrogens with one attached hydrogen (secondary N) is 2. The van der Waals surface area contributed by atoms with Gasteiger partial charge in [-0.25, -0.2) is 13.1 Å². The average Bonchev–Trinajstić information content (AvgIpc) is 2.39. The van der Waals surface area contributed by atoms with E-state index in [0.717, 1.165) is 31.2 Å². The minimum atomic E-state index is -3.42. The number of unbranched alkanes of at least 4 members (excludes halogenated alkanes) is 2. The zero-order valence-electron chi connectivity index (χ0n) is 12.6. The van der Waals surface area contributed by atoms with Crippen LogP contribution in [-0.4, -0.2) is 21.5 Å². The normalized spacial score (nSPS) is 13.3. The fourth-order valence-corrected chi connectivity index (χ4v) is 3.47. The van der Waals surface area contributed by atoms with Crippen LogP contribution in [-0.2, 0) is 16.6 Å². The van der Waals surface area contributed by atoms with Crippen molar-refractivity contribution in [1.29, 1.82) is 0 Å². The first-order chi connectivity index (χ1) is 9.49. The SMILES string of the molecule is CCCCCC(C)NS(=O)(=O)c1cccc(CNC)c1. The van der Waals surface area contributed by atoms with Gasteiger partial charge in [0.2, 0.25) is 10.0 Å². The number of hydrogen-bond acceptors (Lipinski definition) is 3. The van der Waals surface area contributed by atoms with Crippen molar-refractivity contribution in [3.05, 3.63) is 29.8 Å². The van der Waals surface area contributed by atoms with Crippen LogP contribution >= 0.6 is 0 Å². The Balaban J connectivity index is 2.70. The molecule has 0 radical (unpaired) electrons. The van der Waals surface area contributed by atoms with Crippen molar-refractivity contribution in [3.8, 4) is 0 Å². The number of benzene rings is 1. The predicted molar refractivity (Wildman–Crippen MR) is 83.1 cm³/mol. The molecule has 114 valence electrons. The minimum absolute atomic E-state index is 0.0282. The quantitative estimate of drug-likeness (QED) is 0.689. The van der Waals surface area contributed by atoms with Gasteiger partial charge in [0.05, 0.1) is 4.90 Å². The maximum atomic E-state index is 12.3. The van der Waals surface area contributed by atoms with Gasteiger partial charge in [0.25, 0.3) is 0 Å². The zero-order chi connectivity index (χ0) is 15.0. The van der Waals surface area contributed by atoms with Crippen LogP contribution in [0.2, 0.25) is 0 Å². The third kappa shape index (κ3) is 5.61. The van der Waals surface area contributed by atoms with E-state index in [-0.39, 0.29) is 6.04 Å².